The first-order chi connectivity index (χ1) is 23.5. The molecule has 294 valence electrons. The molecule has 3 aliphatic rings. The van der Waals surface area contributed by atoms with Crippen LogP contribution in [-0.4, -0.2) is 116 Å². The smallest absolute Gasteiger partial charge is 0.311 e. The average Bonchev–Trinajstić information content (AvgIpc) is 3.03. The van der Waals surface area contributed by atoms with Gasteiger partial charge in [0.05, 0.1) is 48.1 Å². The number of esters is 1. The molecule has 7 unspecified atom stereocenters. The van der Waals surface area contributed by atoms with Crippen LogP contribution in [0, 0.1) is 35.0 Å². The molecular formula is C36H63N3O12. The van der Waals surface area contributed by atoms with E-state index in [1.54, 1.807) is 27.7 Å². The number of cyclic esters (lactones) is 1. The number of aliphatic hydroxyl groups excluding tert-OH is 3. The molecule has 0 aromatic rings. The van der Waals surface area contributed by atoms with Gasteiger partial charge in [-0.15, -0.1) is 0 Å². The number of ether oxygens (including phenoxy) is 5. The van der Waals surface area contributed by atoms with Crippen LogP contribution >= 0.6 is 0 Å². The zero-order chi connectivity index (χ0) is 38.8. The summed E-state index contributed by atoms with van der Waals surface area (Å²) in [5.74, 6) is -5.48. The van der Waals surface area contributed by atoms with Crippen LogP contribution in [0.1, 0.15) is 102 Å². The summed E-state index contributed by atoms with van der Waals surface area (Å²) in [4.78, 5) is 30.7. The lowest BCUT2D eigenvalue weighted by Crippen LogP contribution is -2.59. The number of hydrogen-bond donors (Lipinski definition) is 5. The summed E-state index contributed by atoms with van der Waals surface area (Å²) in [6.07, 6.45) is -9.68. The van der Waals surface area contributed by atoms with Crippen molar-refractivity contribution in [3.8, 4) is 0 Å². The van der Waals surface area contributed by atoms with E-state index < -0.39 is 107 Å². The van der Waals surface area contributed by atoms with Gasteiger partial charge in [-0.1, -0.05) is 46.7 Å². The average molecular weight is 730 g/mol. The van der Waals surface area contributed by atoms with Crippen molar-refractivity contribution >= 4 is 11.8 Å². The summed E-state index contributed by atoms with van der Waals surface area (Å²) < 4.78 is 31.2. The highest BCUT2D eigenvalue weighted by atomic mass is 16.7. The van der Waals surface area contributed by atoms with Gasteiger partial charge in [0, 0.05) is 35.6 Å². The summed E-state index contributed by atoms with van der Waals surface area (Å²) >= 11 is 0. The van der Waals surface area contributed by atoms with Crippen LogP contribution in [0.3, 0.4) is 0 Å². The van der Waals surface area contributed by atoms with Crippen molar-refractivity contribution in [2.75, 3.05) is 6.54 Å². The fourth-order valence-corrected chi connectivity index (χ4v) is 8.27. The van der Waals surface area contributed by atoms with Crippen molar-refractivity contribution in [1.29, 1.82) is 0 Å². The monoisotopic (exact) mass is 729 g/mol. The minimum absolute atomic E-state index is 0.157. The quantitative estimate of drug-likeness (QED) is 0.110. The molecular weight excluding hydrogens is 666 g/mol. The lowest BCUT2D eigenvalue weighted by atomic mass is 9.74. The first-order valence-electron chi connectivity index (χ1n) is 18.3. The highest BCUT2D eigenvalue weighted by Gasteiger charge is 2.53. The molecule has 51 heavy (non-hydrogen) atoms. The van der Waals surface area contributed by atoms with Gasteiger partial charge < -0.3 is 49.2 Å². The maximum absolute atomic E-state index is 14.1. The van der Waals surface area contributed by atoms with Gasteiger partial charge in [0.15, 0.2) is 12.6 Å². The molecule has 3 fully saturated rings. The van der Waals surface area contributed by atoms with Crippen molar-refractivity contribution in [2.24, 2.45) is 40.1 Å². The predicted octanol–water partition coefficient (Wildman–Crippen LogP) is 3.40. The number of hydrogen-bond acceptors (Lipinski definition) is 13. The van der Waals surface area contributed by atoms with Gasteiger partial charge in [-0.3, -0.25) is 9.59 Å². The first-order valence-corrected chi connectivity index (χ1v) is 18.3. The molecule has 0 bridgehead atoms. The normalized spacial score (nSPS) is 47.5. The second-order valence-electron chi connectivity index (χ2n) is 16.7. The van der Waals surface area contributed by atoms with Crippen LogP contribution in [0.25, 0.3) is 10.4 Å². The number of carbonyl (C=O) groups is 2. The highest BCUT2D eigenvalue weighted by Crippen LogP contribution is 2.42. The van der Waals surface area contributed by atoms with Gasteiger partial charge in [-0.2, -0.15) is 0 Å². The Hall–Kier alpha value is -1.91. The second kappa shape index (κ2) is 17.0. The van der Waals surface area contributed by atoms with Gasteiger partial charge in [0.1, 0.15) is 23.6 Å². The van der Waals surface area contributed by atoms with Crippen LogP contribution in [0.15, 0.2) is 5.11 Å². The first kappa shape index (κ1) is 43.5. The molecule has 0 saturated carbocycles. The molecule has 0 amide bonds. The van der Waals surface area contributed by atoms with Crippen molar-refractivity contribution in [3.63, 3.8) is 0 Å². The molecule has 0 aromatic heterocycles. The Morgan fingerprint density at radius 1 is 0.902 bits per heavy atom. The van der Waals surface area contributed by atoms with Crippen molar-refractivity contribution in [3.05, 3.63) is 10.4 Å². The Morgan fingerprint density at radius 3 is 2.12 bits per heavy atom. The molecule has 0 aliphatic carbocycles. The van der Waals surface area contributed by atoms with Crippen molar-refractivity contribution in [1.82, 2.24) is 0 Å². The SMILES string of the molecule is CC1CC(C)C(O)C(O[C@@H]2[C@@H](C)[C@H](OC3CC(C)(C)C(O)C(C)O3)[C@@H](C)C(=O)O[C@H](CCN=[N+]=[N-])[C@@](C)(O)[C@H](O)[C@@H](C)C(=O)[C@H](C)C[C@@]2(C)O)O1. The van der Waals surface area contributed by atoms with Crippen LogP contribution in [0.4, 0.5) is 0 Å². The fourth-order valence-electron chi connectivity index (χ4n) is 8.27. The van der Waals surface area contributed by atoms with E-state index in [1.807, 2.05) is 27.7 Å². The summed E-state index contributed by atoms with van der Waals surface area (Å²) in [5, 5.41) is 60.9. The minimum Gasteiger partial charge on any atom is -0.459 e. The van der Waals surface area contributed by atoms with Gasteiger partial charge in [0.2, 0.25) is 0 Å². The zero-order valence-electron chi connectivity index (χ0n) is 32.1. The number of aliphatic hydroxyl groups is 5. The highest BCUT2D eigenvalue weighted by molar-refractivity contribution is 5.83. The molecule has 17 atom stereocenters. The fraction of sp³-hybridized carbons (Fsp3) is 0.944. The molecule has 15 nitrogen and oxygen atoms in total. The summed E-state index contributed by atoms with van der Waals surface area (Å²) in [6, 6.07) is 0. The minimum atomic E-state index is -2.15. The topological polar surface area (TPSA) is 230 Å². The number of Topliss-reactive ketones (excluding diaryl/α,β-unsaturated/α-hetero) is 1. The van der Waals surface area contributed by atoms with Crippen LogP contribution in [-0.2, 0) is 33.3 Å². The second-order valence-corrected chi connectivity index (χ2v) is 16.7. The zero-order valence-corrected chi connectivity index (χ0v) is 32.1. The Morgan fingerprint density at radius 2 is 1.53 bits per heavy atom. The number of carbonyl (C=O) groups excluding carboxylic acids is 2. The molecule has 0 spiro atoms. The van der Waals surface area contributed by atoms with E-state index in [0.29, 0.717) is 6.42 Å². The van der Waals surface area contributed by atoms with Crippen LogP contribution in [0.5, 0.6) is 0 Å². The third kappa shape index (κ3) is 10.00. The van der Waals surface area contributed by atoms with E-state index >= 15 is 0 Å². The third-order valence-corrected chi connectivity index (χ3v) is 11.5. The molecule has 3 heterocycles. The van der Waals surface area contributed by atoms with E-state index in [-0.39, 0.29) is 37.8 Å². The van der Waals surface area contributed by atoms with E-state index in [1.165, 1.54) is 20.8 Å². The molecule has 0 aromatic carbocycles. The van der Waals surface area contributed by atoms with E-state index in [4.69, 9.17) is 29.2 Å². The molecule has 3 aliphatic heterocycles. The maximum Gasteiger partial charge on any atom is 0.311 e. The van der Waals surface area contributed by atoms with E-state index in [2.05, 4.69) is 10.0 Å². The van der Waals surface area contributed by atoms with Gasteiger partial charge >= 0.3 is 5.97 Å². The van der Waals surface area contributed by atoms with Gasteiger partial charge in [-0.05, 0) is 70.7 Å². The van der Waals surface area contributed by atoms with Crippen molar-refractivity contribution in [2.45, 2.75) is 174 Å². The Bertz CT molecular complexity index is 1240. The summed E-state index contributed by atoms with van der Waals surface area (Å²) in [7, 11) is 0. The van der Waals surface area contributed by atoms with Gasteiger partial charge in [-0.25, -0.2) is 0 Å². The molecule has 0 radical (unpaired) electrons. The third-order valence-electron chi connectivity index (χ3n) is 11.5. The molecule has 3 rings (SSSR count). The largest absolute Gasteiger partial charge is 0.459 e. The Labute approximate surface area is 301 Å². The number of ketones is 1. The number of rotatable bonds is 7. The number of nitrogens with zero attached hydrogens (tertiary/aromatic N) is 3. The standard InChI is InChI=1S/C36H63N3O12/c1-17-14-19(3)47-33(27(17)41)51-31-21(5)28(50-25-16-34(8,9)30(43)23(7)48-25)22(6)32(44)49-24(12-13-38-39-37)36(11,46)29(42)20(4)26(40)18(2)15-35(31,10)45/h17-25,27-31,33,41-43,45-46H,12-16H2,1-11H3/t17?,18-,19?,20+,21+,22-,23?,24-,25?,27?,28+,29-,30?,31-,33?,35-,36-/m1/s1. The van der Waals surface area contributed by atoms with Crippen molar-refractivity contribution < 1.29 is 58.8 Å². The Kier molecular flexibility index (Phi) is 14.5. The van der Waals surface area contributed by atoms with Crippen LogP contribution < -0.4 is 0 Å². The molecule has 3 saturated heterocycles. The lowest BCUT2D eigenvalue weighted by Gasteiger charge is -2.48. The summed E-state index contributed by atoms with van der Waals surface area (Å²) in [6.45, 7) is 18.1. The maximum atomic E-state index is 14.1. The Balaban J connectivity index is 2.18. The number of azide groups is 1. The van der Waals surface area contributed by atoms with Crippen LogP contribution in [0.2, 0.25) is 0 Å². The lowest BCUT2D eigenvalue weighted by molar-refractivity contribution is -0.312. The van der Waals surface area contributed by atoms with E-state index in [0.717, 1.165) is 0 Å². The summed E-state index contributed by atoms with van der Waals surface area (Å²) in [5.41, 5.74) is 4.33. The van der Waals surface area contributed by atoms with E-state index in [9.17, 15) is 35.1 Å². The molecule has 15 heteroatoms. The van der Waals surface area contributed by atoms with Gasteiger partial charge in [0.25, 0.3) is 0 Å². The molecule has 5 N–H and O–H groups in total. The predicted molar refractivity (Wildman–Crippen MR) is 185 cm³/mol.